The number of carbonyl (C=O) groups excluding carboxylic acids is 1. The van der Waals surface area contributed by atoms with Crippen molar-refractivity contribution < 1.29 is 17.9 Å². The minimum Gasteiger partial charge on any atom is -0.450 e. The van der Waals surface area contributed by atoms with E-state index in [9.17, 15) is 13.2 Å². The van der Waals surface area contributed by atoms with Gasteiger partial charge in [0.1, 0.15) is 0 Å². The standard InChI is InChI=1S/C17H19NO4S/c1-3-22-17(19)18-16(14-7-5-4-6-8-14)23(20,21)15-11-9-13(2)10-12-15/h4-12,16H,3H2,1-2H3,(H,18,19). The van der Waals surface area contributed by atoms with Crippen molar-refractivity contribution >= 4 is 15.9 Å². The minimum absolute atomic E-state index is 0.147. The number of nitrogens with one attached hydrogen (secondary N) is 1. The molecule has 0 spiro atoms. The van der Waals surface area contributed by atoms with Gasteiger partial charge in [-0.1, -0.05) is 48.0 Å². The van der Waals surface area contributed by atoms with Crippen LogP contribution in [0.2, 0.25) is 0 Å². The van der Waals surface area contributed by atoms with E-state index in [0.717, 1.165) is 5.56 Å². The molecule has 0 aliphatic heterocycles. The van der Waals surface area contributed by atoms with E-state index in [2.05, 4.69) is 5.32 Å². The molecule has 2 aromatic rings. The van der Waals surface area contributed by atoms with Crippen LogP contribution in [0.1, 0.15) is 23.4 Å². The van der Waals surface area contributed by atoms with Crippen LogP contribution in [0.4, 0.5) is 4.79 Å². The molecule has 0 bridgehead atoms. The first-order chi connectivity index (χ1) is 10.9. The molecule has 0 saturated heterocycles. The molecule has 6 heteroatoms. The van der Waals surface area contributed by atoms with Crippen LogP contribution in [0.3, 0.4) is 0 Å². The average Bonchev–Trinajstić information content (AvgIpc) is 2.54. The number of sulfone groups is 1. The van der Waals surface area contributed by atoms with Crippen LogP contribution in [0.5, 0.6) is 0 Å². The smallest absolute Gasteiger partial charge is 0.408 e. The highest BCUT2D eigenvalue weighted by atomic mass is 32.2. The quantitative estimate of drug-likeness (QED) is 0.912. The Hall–Kier alpha value is -2.34. The van der Waals surface area contributed by atoms with Crippen LogP contribution in [0.25, 0.3) is 0 Å². The monoisotopic (exact) mass is 333 g/mol. The van der Waals surface area contributed by atoms with Crippen molar-refractivity contribution in [1.82, 2.24) is 5.32 Å². The Labute approximate surface area is 136 Å². The first-order valence-electron chi connectivity index (χ1n) is 7.24. The number of hydrogen-bond donors (Lipinski definition) is 1. The van der Waals surface area contributed by atoms with Crippen molar-refractivity contribution in [1.29, 1.82) is 0 Å². The number of aryl methyl sites for hydroxylation is 1. The maximum atomic E-state index is 12.9. The molecule has 1 unspecified atom stereocenters. The summed E-state index contributed by atoms with van der Waals surface area (Å²) in [7, 11) is -3.80. The van der Waals surface area contributed by atoms with E-state index in [0.29, 0.717) is 5.56 Å². The fourth-order valence-electron chi connectivity index (χ4n) is 2.11. The SMILES string of the molecule is CCOC(=O)NC(c1ccccc1)S(=O)(=O)c1ccc(C)cc1. The van der Waals surface area contributed by atoms with Crippen molar-refractivity contribution in [2.45, 2.75) is 24.1 Å². The molecular weight excluding hydrogens is 314 g/mol. The molecule has 1 N–H and O–H groups in total. The van der Waals surface area contributed by atoms with Gasteiger partial charge in [-0.25, -0.2) is 13.2 Å². The van der Waals surface area contributed by atoms with Gasteiger partial charge < -0.3 is 10.1 Å². The molecule has 23 heavy (non-hydrogen) atoms. The summed E-state index contributed by atoms with van der Waals surface area (Å²) in [4.78, 5) is 11.9. The van der Waals surface area contributed by atoms with Crippen LogP contribution < -0.4 is 5.32 Å². The molecule has 1 atom stereocenters. The van der Waals surface area contributed by atoms with Crippen molar-refractivity contribution in [3.63, 3.8) is 0 Å². The Kier molecular flexibility index (Phi) is 5.39. The Balaban J connectivity index is 2.43. The number of alkyl carbamates (subject to hydrolysis) is 1. The van der Waals surface area contributed by atoms with Gasteiger partial charge in [0.15, 0.2) is 5.37 Å². The van der Waals surface area contributed by atoms with E-state index >= 15 is 0 Å². The number of benzene rings is 2. The molecule has 5 nitrogen and oxygen atoms in total. The Morgan fingerprint density at radius 1 is 1.09 bits per heavy atom. The Morgan fingerprint density at radius 2 is 1.70 bits per heavy atom. The van der Waals surface area contributed by atoms with Crippen LogP contribution >= 0.6 is 0 Å². The number of carbonyl (C=O) groups is 1. The van der Waals surface area contributed by atoms with Gasteiger partial charge in [-0.3, -0.25) is 0 Å². The fraction of sp³-hybridized carbons (Fsp3) is 0.235. The van der Waals surface area contributed by atoms with Gasteiger partial charge in [0.2, 0.25) is 9.84 Å². The molecule has 122 valence electrons. The van der Waals surface area contributed by atoms with Crippen LogP contribution in [0, 0.1) is 6.92 Å². The predicted octanol–water partition coefficient (Wildman–Crippen LogP) is 3.21. The van der Waals surface area contributed by atoms with Gasteiger partial charge in [-0.05, 0) is 31.5 Å². The van der Waals surface area contributed by atoms with Gasteiger partial charge in [-0.2, -0.15) is 0 Å². The highest BCUT2D eigenvalue weighted by Crippen LogP contribution is 2.27. The second-order valence-corrected chi connectivity index (χ2v) is 7.05. The van der Waals surface area contributed by atoms with Crippen molar-refractivity contribution in [3.8, 4) is 0 Å². The first kappa shape index (κ1) is 17.0. The van der Waals surface area contributed by atoms with E-state index in [1.54, 1.807) is 49.4 Å². The zero-order valence-corrected chi connectivity index (χ0v) is 13.8. The maximum Gasteiger partial charge on any atom is 0.408 e. The molecule has 2 rings (SSSR count). The molecule has 0 radical (unpaired) electrons. The summed E-state index contributed by atoms with van der Waals surface area (Å²) in [6.07, 6.45) is -0.767. The lowest BCUT2D eigenvalue weighted by molar-refractivity contribution is 0.151. The summed E-state index contributed by atoms with van der Waals surface area (Å²) in [5.74, 6) is 0. The van der Waals surface area contributed by atoms with E-state index in [4.69, 9.17) is 4.74 Å². The van der Waals surface area contributed by atoms with Crippen molar-refractivity contribution in [2.75, 3.05) is 6.61 Å². The van der Waals surface area contributed by atoms with Crippen LogP contribution in [-0.2, 0) is 14.6 Å². The number of amides is 1. The van der Waals surface area contributed by atoms with Crippen molar-refractivity contribution in [3.05, 3.63) is 65.7 Å². The number of rotatable bonds is 5. The number of hydrogen-bond acceptors (Lipinski definition) is 4. The lowest BCUT2D eigenvalue weighted by Crippen LogP contribution is -2.34. The van der Waals surface area contributed by atoms with E-state index in [1.807, 2.05) is 6.92 Å². The van der Waals surface area contributed by atoms with E-state index in [-0.39, 0.29) is 11.5 Å². The van der Waals surface area contributed by atoms with E-state index < -0.39 is 21.3 Å². The molecule has 0 heterocycles. The normalized spacial score (nSPS) is 12.4. The second-order valence-electron chi connectivity index (χ2n) is 5.01. The Bertz CT molecular complexity index is 755. The molecular formula is C17H19NO4S. The third-order valence-electron chi connectivity index (χ3n) is 3.29. The largest absolute Gasteiger partial charge is 0.450 e. The van der Waals surface area contributed by atoms with Gasteiger partial charge >= 0.3 is 6.09 Å². The molecule has 1 amide bonds. The summed E-state index contributed by atoms with van der Waals surface area (Å²) < 4.78 is 30.7. The molecule has 0 saturated carbocycles. The molecule has 0 fully saturated rings. The van der Waals surface area contributed by atoms with Crippen molar-refractivity contribution in [2.24, 2.45) is 0 Å². The summed E-state index contributed by atoms with van der Waals surface area (Å²) in [6, 6.07) is 15.0. The zero-order valence-electron chi connectivity index (χ0n) is 13.0. The predicted molar refractivity (Wildman–Crippen MR) is 87.7 cm³/mol. The van der Waals surface area contributed by atoms with Crippen LogP contribution in [-0.4, -0.2) is 21.1 Å². The second kappa shape index (κ2) is 7.28. The molecule has 0 aromatic heterocycles. The maximum absolute atomic E-state index is 12.9. The zero-order chi connectivity index (χ0) is 16.9. The summed E-state index contributed by atoms with van der Waals surface area (Å²) in [6.45, 7) is 3.70. The lowest BCUT2D eigenvalue weighted by Gasteiger charge is -2.19. The highest BCUT2D eigenvalue weighted by molar-refractivity contribution is 7.91. The average molecular weight is 333 g/mol. The summed E-state index contributed by atoms with van der Waals surface area (Å²) >= 11 is 0. The van der Waals surface area contributed by atoms with Gasteiger partial charge in [0, 0.05) is 0 Å². The summed E-state index contributed by atoms with van der Waals surface area (Å²) in [5, 5.41) is 1.24. The molecule has 0 aliphatic carbocycles. The highest BCUT2D eigenvalue weighted by Gasteiger charge is 2.31. The lowest BCUT2D eigenvalue weighted by atomic mass is 10.2. The fourth-order valence-corrected chi connectivity index (χ4v) is 3.67. The Morgan fingerprint density at radius 3 is 2.26 bits per heavy atom. The van der Waals surface area contributed by atoms with E-state index in [1.165, 1.54) is 12.1 Å². The minimum atomic E-state index is -3.80. The molecule has 2 aromatic carbocycles. The third-order valence-corrected chi connectivity index (χ3v) is 5.23. The third kappa shape index (κ3) is 4.10. The summed E-state index contributed by atoms with van der Waals surface area (Å²) in [5.41, 5.74) is 1.43. The molecule has 0 aliphatic rings. The number of ether oxygens (including phenoxy) is 1. The van der Waals surface area contributed by atoms with Gasteiger partial charge in [-0.15, -0.1) is 0 Å². The van der Waals surface area contributed by atoms with Gasteiger partial charge in [0.05, 0.1) is 11.5 Å². The van der Waals surface area contributed by atoms with Crippen LogP contribution in [0.15, 0.2) is 59.5 Å². The topological polar surface area (TPSA) is 72.5 Å². The van der Waals surface area contributed by atoms with Gasteiger partial charge in [0.25, 0.3) is 0 Å². The first-order valence-corrected chi connectivity index (χ1v) is 8.78.